The van der Waals surface area contributed by atoms with Crippen LogP contribution in [0, 0.1) is 18.8 Å². The number of rotatable bonds is 13. The number of nitrogens with zero attached hydrogens (tertiary/aromatic N) is 1. The Hall–Kier alpha value is -8.20. The summed E-state index contributed by atoms with van der Waals surface area (Å²) < 4.78 is 6.63. The standard InChI is InChI=1S/C71H61NO/c1-48(2)45-65(49(3)4)51-31-39-59(40-32-51)73-60-41-35-55(36-42-60)71(54-33-29-50(5)30-34-54)67-28-18-16-26-62(67)64-44-38-58(47-69(64)71)72(56-23-13-8-14-24-56)57-37-43-63-61-25-15-17-27-66(61)70(68(63)46-57,52-19-9-6-10-20-52)53-21-11-7-12-22-53/h6-44,46-49,65H,45H2,1-5H3. The molecule has 0 aliphatic heterocycles. The first-order chi connectivity index (χ1) is 35.7. The van der Waals surface area contributed by atoms with Crippen molar-refractivity contribution in [1.82, 2.24) is 0 Å². The molecule has 0 bridgehead atoms. The summed E-state index contributed by atoms with van der Waals surface area (Å²) in [6.07, 6.45) is 1.17. The maximum atomic E-state index is 6.63. The van der Waals surface area contributed by atoms with Crippen molar-refractivity contribution in [2.45, 2.75) is 57.8 Å². The van der Waals surface area contributed by atoms with Crippen LogP contribution >= 0.6 is 0 Å². The lowest BCUT2D eigenvalue weighted by Crippen LogP contribution is -2.29. The minimum Gasteiger partial charge on any atom is -0.457 e. The summed E-state index contributed by atoms with van der Waals surface area (Å²) in [5.74, 6) is 3.40. The van der Waals surface area contributed by atoms with Crippen molar-refractivity contribution in [1.29, 1.82) is 0 Å². The van der Waals surface area contributed by atoms with Crippen LogP contribution in [0.5, 0.6) is 11.5 Å². The average Bonchev–Trinajstić information content (AvgIpc) is 3.89. The second-order valence-electron chi connectivity index (χ2n) is 21.0. The summed E-state index contributed by atoms with van der Waals surface area (Å²) in [4.78, 5) is 2.46. The van der Waals surface area contributed by atoms with Crippen LogP contribution in [0.3, 0.4) is 0 Å². The van der Waals surface area contributed by atoms with E-state index in [1.165, 1.54) is 84.3 Å². The molecule has 12 rings (SSSR count). The summed E-state index contributed by atoms with van der Waals surface area (Å²) in [6.45, 7) is 11.5. The summed E-state index contributed by atoms with van der Waals surface area (Å²) >= 11 is 0. The normalized spacial score (nSPS) is 15.3. The number of ether oxygens (including phenoxy) is 1. The lowest BCUT2D eigenvalue weighted by molar-refractivity contribution is 0.407. The number of anilines is 3. The van der Waals surface area contributed by atoms with E-state index in [1.807, 2.05) is 0 Å². The van der Waals surface area contributed by atoms with E-state index >= 15 is 0 Å². The molecule has 0 radical (unpaired) electrons. The van der Waals surface area contributed by atoms with E-state index in [-0.39, 0.29) is 0 Å². The van der Waals surface area contributed by atoms with Crippen molar-refractivity contribution in [2.75, 3.05) is 4.90 Å². The Morgan fingerprint density at radius 2 is 0.767 bits per heavy atom. The fourth-order valence-electron chi connectivity index (χ4n) is 12.6. The first kappa shape index (κ1) is 45.9. The van der Waals surface area contributed by atoms with E-state index in [4.69, 9.17) is 4.74 Å². The van der Waals surface area contributed by atoms with Crippen LogP contribution in [0.2, 0.25) is 0 Å². The fourth-order valence-corrected chi connectivity index (χ4v) is 12.6. The molecule has 0 spiro atoms. The second kappa shape index (κ2) is 18.8. The number of benzene rings is 10. The van der Waals surface area contributed by atoms with Crippen LogP contribution in [0.4, 0.5) is 17.1 Å². The Kier molecular flexibility index (Phi) is 11.8. The third-order valence-electron chi connectivity index (χ3n) is 15.8. The number of fused-ring (bicyclic) bond motifs is 6. The van der Waals surface area contributed by atoms with Crippen LogP contribution in [0.25, 0.3) is 22.3 Å². The van der Waals surface area contributed by atoms with Crippen molar-refractivity contribution in [3.63, 3.8) is 0 Å². The SMILES string of the molecule is Cc1ccc(C2(c3ccc(Oc4ccc(C(CC(C)C)C(C)C)cc4)cc3)c3ccccc3-c3ccc(N(c4ccccc4)c4ccc5c(c4)C(c4ccccc4)(c4ccccc4)c4ccccc4-5)cc32)cc1. The Bertz CT molecular complexity index is 3520. The fraction of sp³-hybridized carbons (Fsp3) is 0.155. The third kappa shape index (κ3) is 7.71. The van der Waals surface area contributed by atoms with Gasteiger partial charge in [-0.2, -0.15) is 0 Å². The van der Waals surface area contributed by atoms with E-state index in [1.54, 1.807) is 0 Å². The Morgan fingerprint density at radius 3 is 1.23 bits per heavy atom. The van der Waals surface area contributed by atoms with Gasteiger partial charge in [0.2, 0.25) is 0 Å². The van der Waals surface area contributed by atoms with Gasteiger partial charge in [-0.25, -0.2) is 0 Å². The van der Waals surface area contributed by atoms with Gasteiger partial charge in [0.15, 0.2) is 0 Å². The number of hydrogen-bond acceptors (Lipinski definition) is 2. The van der Waals surface area contributed by atoms with Crippen LogP contribution in [-0.4, -0.2) is 0 Å². The van der Waals surface area contributed by atoms with Crippen LogP contribution in [0.1, 0.15) is 95.7 Å². The Morgan fingerprint density at radius 1 is 0.370 bits per heavy atom. The monoisotopic (exact) mass is 943 g/mol. The Balaban J connectivity index is 1.02. The molecule has 0 saturated carbocycles. The quantitative estimate of drug-likeness (QED) is 0.114. The third-order valence-corrected chi connectivity index (χ3v) is 15.8. The van der Waals surface area contributed by atoms with Gasteiger partial charge in [0.05, 0.1) is 10.8 Å². The van der Waals surface area contributed by atoms with E-state index in [0.717, 1.165) is 28.6 Å². The molecule has 0 N–H and O–H groups in total. The van der Waals surface area contributed by atoms with Gasteiger partial charge in [-0.1, -0.05) is 221 Å². The number of hydrogen-bond donors (Lipinski definition) is 0. The molecule has 10 aromatic rings. The van der Waals surface area contributed by atoms with Crippen molar-refractivity contribution in [3.8, 4) is 33.8 Å². The minimum absolute atomic E-state index is 0.522. The molecule has 2 aliphatic rings. The summed E-state index contributed by atoms with van der Waals surface area (Å²) in [5.41, 5.74) is 19.8. The van der Waals surface area contributed by atoms with Gasteiger partial charge < -0.3 is 9.64 Å². The molecular formula is C71H61NO. The topological polar surface area (TPSA) is 12.5 Å². The zero-order valence-electron chi connectivity index (χ0n) is 42.5. The zero-order chi connectivity index (χ0) is 49.7. The zero-order valence-corrected chi connectivity index (χ0v) is 42.5. The molecule has 0 fully saturated rings. The van der Waals surface area contributed by atoms with Crippen LogP contribution in [0.15, 0.2) is 249 Å². The minimum atomic E-state index is -0.629. The smallest absolute Gasteiger partial charge is 0.127 e. The highest BCUT2D eigenvalue weighted by Gasteiger charge is 2.48. The Labute approximate surface area is 432 Å². The predicted octanol–water partition coefficient (Wildman–Crippen LogP) is 18.8. The van der Waals surface area contributed by atoms with Gasteiger partial charge in [-0.05, 0) is 164 Å². The molecule has 356 valence electrons. The molecule has 10 aromatic carbocycles. The second-order valence-corrected chi connectivity index (χ2v) is 21.0. The highest BCUT2D eigenvalue weighted by atomic mass is 16.5. The molecule has 0 saturated heterocycles. The van der Waals surface area contributed by atoms with Gasteiger partial charge in [0.1, 0.15) is 11.5 Å². The van der Waals surface area contributed by atoms with Gasteiger partial charge >= 0.3 is 0 Å². The molecule has 0 amide bonds. The highest BCUT2D eigenvalue weighted by molar-refractivity contribution is 5.92. The number of aryl methyl sites for hydroxylation is 1. The van der Waals surface area contributed by atoms with E-state index in [2.05, 4.69) is 288 Å². The van der Waals surface area contributed by atoms with Gasteiger partial charge in [-0.3, -0.25) is 0 Å². The average molecular weight is 944 g/mol. The van der Waals surface area contributed by atoms with E-state index in [0.29, 0.717) is 17.8 Å². The molecule has 2 heteroatoms. The summed E-state index contributed by atoms with van der Waals surface area (Å²) in [7, 11) is 0. The van der Waals surface area contributed by atoms with Crippen LogP contribution < -0.4 is 9.64 Å². The molecule has 2 nitrogen and oxygen atoms in total. The van der Waals surface area contributed by atoms with Gasteiger partial charge in [0, 0.05) is 17.1 Å². The number of para-hydroxylation sites is 1. The molecule has 73 heavy (non-hydrogen) atoms. The van der Waals surface area contributed by atoms with Crippen LogP contribution in [-0.2, 0) is 10.8 Å². The van der Waals surface area contributed by atoms with Crippen molar-refractivity contribution in [2.24, 2.45) is 11.8 Å². The summed E-state index contributed by atoms with van der Waals surface area (Å²) in [5, 5.41) is 0. The molecule has 0 aromatic heterocycles. The van der Waals surface area contributed by atoms with Crippen molar-refractivity contribution < 1.29 is 4.74 Å². The lowest BCUT2D eigenvalue weighted by Gasteiger charge is -2.36. The predicted molar refractivity (Wildman–Crippen MR) is 304 cm³/mol. The molecule has 2 atom stereocenters. The first-order valence-corrected chi connectivity index (χ1v) is 26.2. The maximum Gasteiger partial charge on any atom is 0.127 e. The van der Waals surface area contributed by atoms with E-state index < -0.39 is 10.8 Å². The van der Waals surface area contributed by atoms with Gasteiger partial charge in [-0.15, -0.1) is 0 Å². The van der Waals surface area contributed by atoms with Crippen molar-refractivity contribution in [3.05, 3.63) is 304 Å². The largest absolute Gasteiger partial charge is 0.457 e. The highest BCUT2D eigenvalue weighted by Crippen LogP contribution is 2.60. The molecule has 2 aliphatic carbocycles. The molecular weight excluding hydrogens is 883 g/mol. The molecule has 0 heterocycles. The van der Waals surface area contributed by atoms with E-state index in [9.17, 15) is 0 Å². The van der Waals surface area contributed by atoms with Crippen molar-refractivity contribution >= 4 is 17.1 Å². The van der Waals surface area contributed by atoms with Gasteiger partial charge in [0.25, 0.3) is 0 Å². The molecule has 2 unspecified atom stereocenters. The maximum absolute atomic E-state index is 6.63. The summed E-state index contributed by atoms with van der Waals surface area (Å²) in [6, 6.07) is 92.3. The first-order valence-electron chi connectivity index (χ1n) is 26.2. The lowest BCUT2D eigenvalue weighted by atomic mass is 9.67.